The SMILES string of the molecule is NC(=O)CCC1=CCCc2ccccc21. The summed E-state index contributed by atoms with van der Waals surface area (Å²) in [6.07, 6.45) is 5.62. The minimum Gasteiger partial charge on any atom is -0.370 e. The van der Waals surface area contributed by atoms with E-state index in [1.165, 1.54) is 16.7 Å². The molecule has 2 heteroatoms. The second-order valence-electron chi connectivity index (χ2n) is 3.89. The summed E-state index contributed by atoms with van der Waals surface area (Å²) in [6, 6.07) is 8.39. The Hall–Kier alpha value is -1.57. The Morgan fingerprint density at radius 3 is 2.93 bits per heavy atom. The molecule has 1 aliphatic rings. The number of aryl methyl sites for hydroxylation is 1. The fraction of sp³-hybridized carbons (Fsp3) is 0.308. The summed E-state index contributed by atoms with van der Waals surface area (Å²) in [7, 11) is 0. The van der Waals surface area contributed by atoms with Gasteiger partial charge in [0.1, 0.15) is 0 Å². The van der Waals surface area contributed by atoms with Gasteiger partial charge >= 0.3 is 0 Å². The Labute approximate surface area is 89.8 Å². The predicted octanol–water partition coefficient (Wildman–Crippen LogP) is 2.28. The van der Waals surface area contributed by atoms with Crippen LogP contribution in [0.4, 0.5) is 0 Å². The van der Waals surface area contributed by atoms with Gasteiger partial charge in [-0.1, -0.05) is 30.3 Å². The number of hydrogen-bond donors (Lipinski definition) is 1. The third-order valence-electron chi connectivity index (χ3n) is 2.81. The average molecular weight is 201 g/mol. The van der Waals surface area contributed by atoms with Crippen molar-refractivity contribution in [2.75, 3.05) is 0 Å². The van der Waals surface area contributed by atoms with Gasteiger partial charge in [-0.05, 0) is 36.0 Å². The summed E-state index contributed by atoms with van der Waals surface area (Å²) < 4.78 is 0. The minimum absolute atomic E-state index is 0.223. The van der Waals surface area contributed by atoms with Gasteiger partial charge in [0.25, 0.3) is 0 Å². The molecule has 2 rings (SSSR count). The smallest absolute Gasteiger partial charge is 0.217 e. The van der Waals surface area contributed by atoms with Crippen LogP contribution in [0.5, 0.6) is 0 Å². The molecule has 0 spiro atoms. The molecule has 2 N–H and O–H groups in total. The minimum atomic E-state index is -0.223. The van der Waals surface area contributed by atoms with Crippen molar-refractivity contribution < 1.29 is 4.79 Å². The van der Waals surface area contributed by atoms with Crippen molar-refractivity contribution in [3.63, 3.8) is 0 Å². The van der Waals surface area contributed by atoms with Crippen LogP contribution in [-0.2, 0) is 11.2 Å². The molecule has 0 radical (unpaired) electrons. The van der Waals surface area contributed by atoms with Crippen LogP contribution in [0.3, 0.4) is 0 Å². The summed E-state index contributed by atoms with van der Waals surface area (Å²) in [4.78, 5) is 10.7. The van der Waals surface area contributed by atoms with Crippen LogP contribution in [0.25, 0.3) is 5.57 Å². The molecule has 1 aliphatic carbocycles. The number of benzene rings is 1. The summed E-state index contributed by atoms with van der Waals surface area (Å²) >= 11 is 0. The topological polar surface area (TPSA) is 43.1 Å². The zero-order chi connectivity index (χ0) is 10.7. The van der Waals surface area contributed by atoms with Crippen LogP contribution >= 0.6 is 0 Å². The number of primary amides is 1. The van der Waals surface area contributed by atoms with Crippen molar-refractivity contribution in [1.82, 2.24) is 0 Å². The summed E-state index contributed by atoms with van der Waals surface area (Å²) in [5.74, 6) is -0.223. The van der Waals surface area contributed by atoms with E-state index < -0.39 is 0 Å². The molecule has 0 aromatic heterocycles. The van der Waals surface area contributed by atoms with Gasteiger partial charge in [-0.2, -0.15) is 0 Å². The van der Waals surface area contributed by atoms with E-state index in [0.29, 0.717) is 6.42 Å². The number of carbonyl (C=O) groups excluding carboxylic acids is 1. The van der Waals surface area contributed by atoms with Crippen molar-refractivity contribution in [1.29, 1.82) is 0 Å². The Morgan fingerprint density at radius 1 is 1.33 bits per heavy atom. The molecule has 0 saturated carbocycles. The quantitative estimate of drug-likeness (QED) is 0.801. The number of nitrogens with two attached hydrogens (primary N) is 1. The molecule has 1 aromatic rings. The fourth-order valence-electron chi connectivity index (χ4n) is 2.06. The number of amides is 1. The molecule has 0 unspecified atom stereocenters. The number of hydrogen-bond acceptors (Lipinski definition) is 1. The number of rotatable bonds is 3. The Kier molecular flexibility index (Phi) is 2.86. The summed E-state index contributed by atoms with van der Waals surface area (Å²) in [5.41, 5.74) is 9.12. The molecule has 0 heterocycles. The maximum Gasteiger partial charge on any atom is 0.217 e. The van der Waals surface area contributed by atoms with E-state index in [1.807, 2.05) is 6.07 Å². The molecule has 0 fully saturated rings. The van der Waals surface area contributed by atoms with E-state index >= 15 is 0 Å². The first-order valence-corrected chi connectivity index (χ1v) is 5.33. The van der Waals surface area contributed by atoms with Crippen LogP contribution in [0.1, 0.15) is 30.4 Å². The zero-order valence-corrected chi connectivity index (χ0v) is 8.70. The number of fused-ring (bicyclic) bond motifs is 1. The first-order valence-electron chi connectivity index (χ1n) is 5.33. The van der Waals surface area contributed by atoms with Gasteiger partial charge in [-0.25, -0.2) is 0 Å². The lowest BCUT2D eigenvalue weighted by molar-refractivity contribution is -0.117. The zero-order valence-electron chi connectivity index (χ0n) is 8.70. The molecule has 0 atom stereocenters. The standard InChI is InChI=1S/C13H15NO/c14-13(15)9-8-11-6-3-5-10-4-1-2-7-12(10)11/h1-2,4,6-7H,3,5,8-9H2,(H2,14,15). The summed E-state index contributed by atoms with van der Waals surface area (Å²) in [6.45, 7) is 0. The van der Waals surface area contributed by atoms with Crippen LogP contribution in [0, 0.1) is 0 Å². The van der Waals surface area contributed by atoms with Crippen LogP contribution < -0.4 is 5.73 Å². The van der Waals surface area contributed by atoms with Crippen molar-refractivity contribution in [2.24, 2.45) is 5.73 Å². The van der Waals surface area contributed by atoms with E-state index in [1.54, 1.807) is 0 Å². The van der Waals surface area contributed by atoms with Crippen LogP contribution in [-0.4, -0.2) is 5.91 Å². The highest BCUT2D eigenvalue weighted by atomic mass is 16.1. The van der Waals surface area contributed by atoms with E-state index in [0.717, 1.165) is 19.3 Å². The van der Waals surface area contributed by atoms with E-state index in [4.69, 9.17) is 5.73 Å². The molecule has 0 bridgehead atoms. The normalized spacial score (nSPS) is 14.3. The Bertz CT molecular complexity index is 407. The molecule has 0 saturated heterocycles. The highest BCUT2D eigenvalue weighted by Gasteiger charge is 2.11. The highest BCUT2D eigenvalue weighted by molar-refractivity contribution is 5.78. The first-order chi connectivity index (χ1) is 7.27. The van der Waals surface area contributed by atoms with Gasteiger partial charge in [-0.3, -0.25) is 4.79 Å². The third-order valence-corrected chi connectivity index (χ3v) is 2.81. The van der Waals surface area contributed by atoms with Gasteiger partial charge in [0, 0.05) is 6.42 Å². The average Bonchev–Trinajstić information content (AvgIpc) is 2.26. The van der Waals surface area contributed by atoms with Crippen molar-refractivity contribution in [2.45, 2.75) is 25.7 Å². The molecular formula is C13H15NO. The third kappa shape index (κ3) is 2.27. The van der Waals surface area contributed by atoms with Gasteiger partial charge < -0.3 is 5.73 Å². The largest absolute Gasteiger partial charge is 0.370 e. The van der Waals surface area contributed by atoms with Gasteiger partial charge in [-0.15, -0.1) is 0 Å². The van der Waals surface area contributed by atoms with Gasteiger partial charge in [0.15, 0.2) is 0 Å². The fourth-order valence-corrected chi connectivity index (χ4v) is 2.06. The molecule has 15 heavy (non-hydrogen) atoms. The second-order valence-corrected chi connectivity index (χ2v) is 3.89. The molecule has 2 nitrogen and oxygen atoms in total. The van der Waals surface area contributed by atoms with E-state index in [-0.39, 0.29) is 5.91 Å². The van der Waals surface area contributed by atoms with Gasteiger partial charge in [0.05, 0.1) is 0 Å². The second kappa shape index (κ2) is 4.30. The van der Waals surface area contributed by atoms with E-state index in [9.17, 15) is 4.79 Å². The Balaban J connectivity index is 2.19. The van der Waals surface area contributed by atoms with Gasteiger partial charge in [0.2, 0.25) is 5.91 Å². The van der Waals surface area contributed by atoms with Crippen molar-refractivity contribution in [3.05, 3.63) is 41.5 Å². The first kappa shape index (κ1) is 9.97. The van der Waals surface area contributed by atoms with Crippen molar-refractivity contribution >= 4 is 11.5 Å². The predicted molar refractivity (Wildman–Crippen MR) is 61.2 cm³/mol. The maximum absolute atomic E-state index is 10.7. The van der Waals surface area contributed by atoms with Crippen molar-refractivity contribution in [3.8, 4) is 0 Å². The number of allylic oxidation sites excluding steroid dienone is 2. The van der Waals surface area contributed by atoms with Crippen LogP contribution in [0.15, 0.2) is 30.3 Å². The Morgan fingerprint density at radius 2 is 2.13 bits per heavy atom. The van der Waals surface area contributed by atoms with E-state index in [2.05, 4.69) is 24.3 Å². The highest BCUT2D eigenvalue weighted by Crippen LogP contribution is 2.29. The lowest BCUT2D eigenvalue weighted by Crippen LogP contribution is -2.10. The lowest BCUT2D eigenvalue weighted by Gasteiger charge is -2.17. The lowest BCUT2D eigenvalue weighted by atomic mass is 9.88. The maximum atomic E-state index is 10.7. The molecular weight excluding hydrogens is 186 g/mol. The number of carbonyl (C=O) groups is 1. The van der Waals surface area contributed by atoms with Crippen LogP contribution in [0.2, 0.25) is 0 Å². The monoisotopic (exact) mass is 201 g/mol. The molecule has 1 amide bonds. The summed E-state index contributed by atoms with van der Waals surface area (Å²) in [5, 5.41) is 0. The molecule has 78 valence electrons. The molecule has 0 aliphatic heterocycles. The molecule has 1 aromatic carbocycles.